The topological polar surface area (TPSA) is 12.4 Å². The summed E-state index contributed by atoms with van der Waals surface area (Å²) in [5.41, 5.74) is -0.754. The molecule has 0 aliphatic heterocycles. The lowest BCUT2D eigenvalue weighted by molar-refractivity contribution is 0.487. The summed E-state index contributed by atoms with van der Waals surface area (Å²) in [7, 11) is 0. The van der Waals surface area contributed by atoms with E-state index in [1.165, 1.54) is 0 Å². The molecule has 0 unspecified atom stereocenters. The van der Waals surface area contributed by atoms with Crippen LogP contribution in [0.4, 0.5) is 18.9 Å². The van der Waals surface area contributed by atoms with Gasteiger partial charge in [-0.3, -0.25) is 0 Å². The van der Waals surface area contributed by atoms with Crippen molar-refractivity contribution in [2.75, 3.05) is 0 Å². The number of benzene rings is 1. The Bertz CT molecular complexity index is 397. The quantitative estimate of drug-likeness (QED) is 0.388. The number of isothiocyanates is 1. The van der Waals surface area contributed by atoms with E-state index in [-0.39, 0.29) is 5.69 Å². The molecule has 0 radical (unpaired) electrons. The third kappa shape index (κ3) is 1.76. The van der Waals surface area contributed by atoms with E-state index >= 15 is 0 Å². The van der Waals surface area contributed by atoms with Gasteiger partial charge in [-0.25, -0.2) is 13.2 Å². The number of hydrogen-bond donors (Lipinski definition) is 0. The van der Waals surface area contributed by atoms with Crippen molar-refractivity contribution >= 4 is 23.1 Å². The van der Waals surface area contributed by atoms with Gasteiger partial charge in [-0.1, -0.05) is 0 Å². The monoisotopic (exact) mass is 203 g/mol. The molecule has 0 fully saturated rings. The maximum Gasteiger partial charge on any atom is 0.164 e. The predicted molar refractivity (Wildman–Crippen MR) is 45.7 cm³/mol. The third-order valence-electron chi connectivity index (χ3n) is 1.52. The number of halogens is 3. The first-order chi connectivity index (χ1) is 6.07. The molecule has 0 spiro atoms. The Balaban J connectivity index is 3.49. The van der Waals surface area contributed by atoms with Crippen molar-refractivity contribution in [3.63, 3.8) is 0 Å². The van der Waals surface area contributed by atoms with Gasteiger partial charge in [-0.2, -0.15) is 4.99 Å². The zero-order valence-electron chi connectivity index (χ0n) is 6.57. The molecule has 68 valence electrons. The van der Waals surface area contributed by atoms with Crippen LogP contribution < -0.4 is 0 Å². The van der Waals surface area contributed by atoms with E-state index in [0.29, 0.717) is 6.07 Å². The standard InChI is InChI=1S/C8H4F3NS/c1-4-7(10)5(9)2-6(8(4)11)12-3-13/h2H,1H3. The summed E-state index contributed by atoms with van der Waals surface area (Å²) < 4.78 is 38.4. The van der Waals surface area contributed by atoms with Crippen LogP contribution in [0.1, 0.15) is 5.56 Å². The highest BCUT2D eigenvalue weighted by molar-refractivity contribution is 7.78. The molecule has 0 bridgehead atoms. The molecule has 0 atom stereocenters. The van der Waals surface area contributed by atoms with Gasteiger partial charge in [-0.15, -0.1) is 0 Å². The second-order valence-electron chi connectivity index (χ2n) is 2.33. The molecule has 13 heavy (non-hydrogen) atoms. The molecule has 0 saturated heterocycles. The van der Waals surface area contributed by atoms with E-state index in [9.17, 15) is 13.2 Å². The molecule has 1 aromatic rings. The molecule has 0 aliphatic rings. The number of rotatable bonds is 1. The van der Waals surface area contributed by atoms with Crippen LogP contribution >= 0.6 is 12.2 Å². The smallest absolute Gasteiger partial charge is 0.164 e. The van der Waals surface area contributed by atoms with Crippen molar-refractivity contribution in [2.24, 2.45) is 4.99 Å². The van der Waals surface area contributed by atoms with Crippen molar-refractivity contribution in [3.8, 4) is 0 Å². The minimum atomic E-state index is -1.21. The summed E-state index contributed by atoms with van der Waals surface area (Å²) in [6.45, 7) is 1.12. The number of nitrogens with zero attached hydrogens (tertiary/aromatic N) is 1. The summed E-state index contributed by atoms with van der Waals surface area (Å²) in [4.78, 5) is 3.25. The fraction of sp³-hybridized carbons (Fsp3) is 0.125. The van der Waals surface area contributed by atoms with Crippen LogP contribution in [-0.4, -0.2) is 5.16 Å². The lowest BCUT2D eigenvalue weighted by Gasteiger charge is -2.01. The third-order valence-corrected chi connectivity index (χ3v) is 1.61. The maximum absolute atomic E-state index is 13.0. The van der Waals surface area contributed by atoms with E-state index in [4.69, 9.17) is 0 Å². The highest BCUT2D eigenvalue weighted by Crippen LogP contribution is 2.24. The molecular formula is C8H4F3NS. The summed E-state index contributed by atoms with van der Waals surface area (Å²) in [5.74, 6) is -3.28. The fourth-order valence-corrected chi connectivity index (χ4v) is 0.943. The zero-order chi connectivity index (χ0) is 10.0. The summed E-state index contributed by atoms with van der Waals surface area (Å²) in [6.07, 6.45) is 0. The second kappa shape index (κ2) is 3.68. The molecule has 0 aromatic heterocycles. The Kier molecular flexibility index (Phi) is 2.80. The predicted octanol–water partition coefficient (Wildman–Crippen LogP) is 3.15. The summed E-state index contributed by atoms with van der Waals surface area (Å²) in [6, 6.07) is 0.636. The van der Waals surface area contributed by atoms with Gasteiger partial charge in [-0.05, 0) is 19.1 Å². The molecule has 5 heteroatoms. The van der Waals surface area contributed by atoms with Crippen molar-refractivity contribution < 1.29 is 13.2 Å². The first kappa shape index (κ1) is 9.89. The summed E-state index contributed by atoms with van der Waals surface area (Å²) in [5, 5.41) is 1.88. The number of aliphatic imine (C=N–C) groups is 1. The molecule has 0 heterocycles. The van der Waals surface area contributed by atoms with E-state index in [1.54, 1.807) is 0 Å². The van der Waals surface area contributed by atoms with Crippen molar-refractivity contribution in [2.45, 2.75) is 6.92 Å². The van der Waals surface area contributed by atoms with Crippen LogP contribution in [0.3, 0.4) is 0 Å². The molecule has 0 amide bonds. The van der Waals surface area contributed by atoms with Crippen LogP contribution in [0.2, 0.25) is 0 Å². The Morgan fingerprint density at radius 1 is 1.31 bits per heavy atom. The van der Waals surface area contributed by atoms with Gasteiger partial charge in [0.15, 0.2) is 17.5 Å². The highest BCUT2D eigenvalue weighted by atomic mass is 32.1. The van der Waals surface area contributed by atoms with Gasteiger partial charge in [0, 0.05) is 11.6 Å². The van der Waals surface area contributed by atoms with Gasteiger partial charge in [0.25, 0.3) is 0 Å². The lowest BCUT2D eigenvalue weighted by Crippen LogP contribution is -1.93. The molecule has 0 aliphatic carbocycles. The minimum absolute atomic E-state index is 0.341. The maximum atomic E-state index is 13.0. The SMILES string of the molecule is Cc1c(F)c(F)cc(N=C=S)c1F. The lowest BCUT2D eigenvalue weighted by atomic mass is 10.2. The van der Waals surface area contributed by atoms with E-state index in [2.05, 4.69) is 17.2 Å². The molecule has 1 aromatic carbocycles. The molecule has 0 saturated carbocycles. The van der Waals surface area contributed by atoms with Crippen LogP contribution in [0.5, 0.6) is 0 Å². The molecule has 1 nitrogen and oxygen atoms in total. The average Bonchev–Trinajstić information content (AvgIpc) is 2.11. The van der Waals surface area contributed by atoms with E-state index in [0.717, 1.165) is 6.92 Å². The largest absolute Gasteiger partial charge is 0.204 e. The first-order valence-corrected chi connectivity index (χ1v) is 3.70. The van der Waals surface area contributed by atoms with Crippen LogP contribution in [0.25, 0.3) is 0 Å². The number of hydrogen-bond acceptors (Lipinski definition) is 2. The Morgan fingerprint density at radius 2 is 1.92 bits per heavy atom. The summed E-state index contributed by atoms with van der Waals surface area (Å²) >= 11 is 4.21. The average molecular weight is 203 g/mol. The molecular weight excluding hydrogens is 199 g/mol. The van der Waals surface area contributed by atoms with Crippen LogP contribution in [-0.2, 0) is 0 Å². The van der Waals surface area contributed by atoms with Crippen molar-refractivity contribution in [1.29, 1.82) is 0 Å². The van der Waals surface area contributed by atoms with Gasteiger partial charge in [0.1, 0.15) is 5.69 Å². The van der Waals surface area contributed by atoms with Gasteiger partial charge >= 0.3 is 0 Å². The van der Waals surface area contributed by atoms with Gasteiger partial charge in [0.2, 0.25) is 0 Å². The molecule has 0 N–H and O–H groups in total. The van der Waals surface area contributed by atoms with E-state index in [1.807, 2.05) is 5.16 Å². The Hall–Kier alpha value is -1.19. The van der Waals surface area contributed by atoms with E-state index < -0.39 is 23.0 Å². The van der Waals surface area contributed by atoms with Crippen molar-refractivity contribution in [1.82, 2.24) is 0 Å². The Morgan fingerprint density at radius 3 is 2.46 bits per heavy atom. The van der Waals surface area contributed by atoms with Crippen LogP contribution in [0, 0.1) is 24.4 Å². The van der Waals surface area contributed by atoms with Crippen LogP contribution in [0.15, 0.2) is 11.1 Å². The minimum Gasteiger partial charge on any atom is -0.204 e. The highest BCUT2D eigenvalue weighted by Gasteiger charge is 2.14. The second-order valence-corrected chi connectivity index (χ2v) is 2.52. The van der Waals surface area contributed by atoms with Gasteiger partial charge < -0.3 is 0 Å². The first-order valence-electron chi connectivity index (χ1n) is 3.30. The van der Waals surface area contributed by atoms with Crippen molar-refractivity contribution in [3.05, 3.63) is 29.1 Å². The fourth-order valence-electron chi connectivity index (χ4n) is 0.845. The Labute approximate surface area is 77.9 Å². The number of thiocarbonyl (C=S) groups is 1. The molecule has 1 rings (SSSR count). The normalized spacial score (nSPS) is 9.54. The zero-order valence-corrected chi connectivity index (χ0v) is 7.38. The van der Waals surface area contributed by atoms with Gasteiger partial charge in [0.05, 0.1) is 5.16 Å².